The molecule has 2 aromatic rings. The third kappa shape index (κ3) is 4.12. The molecule has 0 spiro atoms. The number of benzene rings is 2. The van der Waals surface area contributed by atoms with Crippen molar-refractivity contribution in [2.24, 2.45) is 0 Å². The van der Waals surface area contributed by atoms with Crippen molar-refractivity contribution >= 4 is 29.1 Å². The van der Waals surface area contributed by atoms with E-state index >= 15 is 0 Å². The molecule has 0 bridgehead atoms. The number of thioether (sulfide) groups is 1. The summed E-state index contributed by atoms with van der Waals surface area (Å²) >= 11 is 7.47. The molecule has 2 aromatic carbocycles. The van der Waals surface area contributed by atoms with E-state index < -0.39 is 0 Å². The summed E-state index contributed by atoms with van der Waals surface area (Å²) in [7, 11) is 0. The van der Waals surface area contributed by atoms with Gasteiger partial charge in [-0.2, -0.15) is 0 Å². The Labute approximate surface area is 129 Å². The van der Waals surface area contributed by atoms with Gasteiger partial charge in [0.15, 0.2) is 0 Å². The lowest BCUT2D eigenvalue weighted by Crippen LogP contribution is -2.08. The summed E-state index contributed by atoms with van der Waals surface area (Å²) < 4.78 is 0. The summed E-state index contributed by atoms with van der Waals surface area (Å²) in [4.78, 5) is 13.2. The minimum atomic E-state index is 0.243. The molecule has 0 saturated carbocycles. The molecule has 0 atom stereocenters. The van der Waals surface area contributed by atoms with E-state index in [-0.39, 0.29) is 5.78 Å². The van der Waals surface area contributed by atoms with Gasteiger partial charge >= 0.3 is 0 Å². The van der Waals surface area contributed by atoms with Crippen molar-refractivity contribution in [1.29, 1.82) is 0 Å². The SMILES string of the molecule is Cc1cccc(C)c1CC(=O)CSc1cccc(Cl)c1. The van der Waals surface area contributed by atoms with Crippen LogP contribution in [0.4, 0.5) is 0 Å². The van der Waals surface area contributed by atoms with Crippen molar-refractivity contribution in [1.82, 2.24) is 0 Å². The Morgan fingerprint density at radius 3 is 2.40 bits per heavy atom. The molecule has 2 rings (SSSR count). The first-order valence-electron chi connectivity index (χ1n) is 6.51. The number of hydrogen-bond acceptors (Lipinski definition) is 2. The number of aryl methyl sites for hydroxylation is 2. The molecule has 0 unspecified atom stereocenters. The minimum Gasteiger partial charge on any atom is -0.298 e. The van der Waals surface area contributed by atoms with Crippen LogP contribution in [0.3, 0.4) is 0 Å². The van der Waals surface area contributed by atoms with Crippen LogP contribution in [0.2, 0.25) is 5.02 Å². The lowest BCUT2D eigenvalue weighted by molar-refractivity contribution is -0.116. The molecular formula is C17H17ClOS. The van der Waals surface area contributed by atoms with Crippen LogP contribution in [-0.2, 0) is 11.2 Å². The zero-order chi connectivity index (χ0) is 14.5. The molecule has 1 nitrogen and oxygen atoms in total. The maximum Gasteiger partial charge on any atom is 0.147 e. The van der Waals surface area contributed by atoms with Crippen LogP contribution >= 0.6 is 23.4 Å². The van der Waals surface area contributed by atoms with Crippen molar-refractivity contribution in [2.45, 2.75) is 25.2 Å². The molecule has 20 heavy (non-hydrogen) atoms. The Morgan fingerprint density at radius 1 is 1.10 bits per heavy atom. The maximum absolute atomic E-state index is 12.1. The molecule has 0 radical (unpaired) electrons. The number of halogens is 1. The van der Waals surface area contributed by atoms with E-state index in [2.05, 4.69) is 26.0 Å². The lowest BCUT2D eigenvalue weighted by atomic mass is 9.99. The highest BCUT2D eigenvalue weighted by molar-refractivity contribution is 8.00. The predicted octanol–water partition coefficient (Wildman–Crippen LogP) is 4.86. The summed E-state index contributed by atoms with van der Waals surface area (Å²) in [5.41, 5.74) is 3.53. The van der Waals surface area contributed by atoms with Crippen molar-refractivity contribution in [3.8, 4) is 0 Å². The van der Waals surface area contributed by atoms with Gasteiger partial charge in [-0.05, 0) is 48.7 Å². The van der Waals surface area contributed by atoms with Crippen LogP contribution in [0.25, 0.3) is 0 Å². The Balaban J connectivity index is 1.96. The Kier molecular flexibility index (Phi) is 5.27. The average molecular weight is 305 g/mol. The fourth-order valence-electron chi connectivity index (χ4n) is 2.10. The van der Waals surface area contributed by atoms with E-state index in [4.69, 9.17) is 11.6 Å². The first-order valence-corrected chi connectivity index (χ1v) is 7.88. The van der Waals surface area contributed by atoms with Crippen LogP contribution in [0.5, 0.6) is 0 Å². The van der Waals surface area contributed by atoms with Gasteiger partial charge in [0.1, 0.15) is 5.78 Å². The predicted molar refractivity (Wildman–Crippen MR) is 86.8 cm³/mol. The second kappa shape index (κ2) is 6.96. The summed E-state index contributed by atoms with van der Waals surface area (Å²) in [6, 6.07) is 13.7. The van der Waals surface area contributed by atoms with Crippen LogP contribution < -0.4 is 0 Å². The van der Waals surface area contributed by atoms with Gasteiger partial charge in [0.2, 0.25) is 0 Å². The van der Waals surface area contributed by atoms with Gasteiger partial charge in [0.05, 0.1) is 5.75 Å². The molecule has 0 aliphatic rings. The number of ketones is 1. The largest absolute Gasteiger partial charge is 0.298 e. The van der Waals surface area contributed by atoms with E-state index in [0.717, 1.165) is 10.5 Å². The summed E-state index contributed by atoms with van der Waals surface area (Å²) in [5.74, 6) is 0.723. The highest BCUT2D eigenvalue weighted by Crippen LogP contribution is 2.22. The van der Waals surface area contributed by atoms with E-state index in [1.54, 1.807) is 0 Å². The van der Waals surface area contributed by atoms with Gasteiger partial charge in [-0.25, -0.2) is 0 Å². The molecule has 0 aliphatic heterocycles. The van der Waals surface area contributed by atoms with Gasteiger partial charge in [-0.1, -0.05) is 35.9 Å². The number of hydrogen-bond donors (Lipinski definition) is 0. The number of carbonyl (C=O) groups is 1. The van der Waals surface area contributed by atoms with Crippen LogP contribution in [0.1, 0.15) is 16.7 Å². The zero-order valence-electron chi connectivity index (χ0n) is 11.7. The minimum absolute atomic E-state index is 0.243. The molecule has 3 heteroatoms. The van der Waals surface area contributed by atoms with Crippen molar-refractivity contribution in [3.63, 3.8) is 0 Å². The fraction of sp³-hybridized carbons (Fsp3) is 0.235. The molecule has 104 valence electrons. The molecule has 0 amide bonds. The number of rotatable bonds is 5. The average Bonchev–Trinajstić information content (AvgIpc) is 2.41. The third-order valence-electron chi connectivity index (χ3n) is 3.21. The smallest absolute Gasteiger partial charge is 0.147 e. The van der Waals surface area contributed by atoms with Gasteiger partial charge in [-0.15, -0.1) is 11.8 Å². The molecule has 0 aromatic heterocycles. The van der Waals surface area contributed by atoms with E-state index in [1.807, 2.05) is 30.3 Å². The van der Waals surface area contributed by atoms with Crippen molar-refractivity contribution in [3.05, 3.63) is 64.2 Å². The number of Topliss-reactive ketones (excluding diaryl/α,β-unsaturated/α-hetero) is 1. The maximum atomic E-state index is 12.1. The normalized spacial score (nSPS) is 10.6. The summed E-state index contributed by atoms with van der Waals surface area (Å²) in [6.45, 7) is 4.11. The van der Waals surface area contributed by atoms with E-state index in [1.165, 1.54) is 22.9 Å². The monoisotopic (exact) mass is 304 g/mol. The van der Waals surface area contributed by atoms with Crippen LogP contribution in [-0.4, -0.2) is 11.5 Å². The van der Waals surface area contributed by atoms with E-state index in [9.17, 15) is 4.79 Å². The second-order valence-corrected chi connectivity index (χ2v) is 6.32. The Morgan fingerprint density at radius 2 is 1.75 bits per heavy atom. The van der Waals surface area contributed by atoms with Gasteiger partial charge in [0, 0.05) is 16.3 Å². The fourth-order valence-corrected chi connectivity index (χ4v) is 3.17. The topological polar surface area (TPSA) is 17.1 Å². The van der Waals surface area contributed by atoms with E-state index in [0.29, 0.717) is 17.2 Å². The standard InChI is InChI=1S/C17H17ClOS/c1-12-5-3-6-13(2)17(12)10-15(19)11-20-16-8-4-7-14(18)9-16/h3-9H,10-11H2,1-2H3. The molecule has 0 N–H and O–H groups in total. The molecule has 0 aliphatic carbocycles. The molecule has 0 heterocycles. The van der Waals surface area contributed by atoms with Gasteiger partial charge in [-0.3, -0.25) is 4.79 Å². The number of carbonyl (C=O) groups excluding carboxylic acids is 1. The van der Waals surface area contributed by atoms with Crippen molar-refractivity contribution in [2.75, 3.05) is 5.75 Å². The highest BCUT2D eigenvalue weighted by Gasteiger charge is 2.09. The second-order valence-electron chi connectivity index (χ2n) is 4.83. The zero-order valence-corrected chi connectivity index (χ0v) is 13.2. The van der Waals surface area contributed by atoms with Gasteiger partial charge in [0.25, 0.3) is 0 Å². The first kappa shape index (κ1) is 15.1. The Bertz CT molecular complexity index is 602. The molecule has 0 fully saturated rings. The summed E-state index contributed by atoms with van der Waals surface area (Å²) in [6.07, 6.45) is 0.506. The molecular weight excluding hydrogens is 288 g/mol. The molecule has 0 saturated heterocycles. The lowest BCUT2D eigenvalue weighted by Gasteiger charge is -2.08. The van der Waals surface area contributed by atoms with Crippen LogP contribution in [0, 0.1) is 13.8 Å². The van der Waals surface area contributed by atoms with Crippen molar-refractivity contribution < 1.29 is 4.79 Å². The highest BCUT2D eigenvalue weighted by atomic mass is 35.5. The van der Waals surface area contributed by atoms with Gasteiger partial charge < -0.3 is 0 Å². The summed E-state index contributed by atoms with van der Waals surface area (Å²) in [5, 5.41) is 0.706. The Hall–Kier alpha value is -1.25. The third-order valence-corrected chi connectivity index (χ3v) is 4.50. The first-order chi connectivity index (χ1) is 9.56. The van der Waals surface area contributed by atoms with Crippen LogP contribution in [0.15, 0.2) is 47.4 Å². The quantitative estimate of drug-likeness (QED) is 0.734.